The van der Waals surface area contributed by atoms with Crippen molar-refractivity contribution in [1.82, 2.24) is 5.32 Å². The maximum Gasteiger partial charge on any atom is 0.223 e. The average molecular weight is 225 g/mol. The Morgan fingerprint density at radius 1 is 1.67 bits per heavy atom. The molecule has 1 aliphatic rings. The van der Waals surface area contributed by atoms with E-state index >= 15 is 0 Å². The van der Waals surface area contributed by atoms with E-state index in [2.05, 4.69) is 5.32 Å². The van der Waals surface area contributed by atoms with Gasteiger partial charge >= 0.3 is 0 Å². The van der Waals surface area contributed by atoms with Crippen molar-refractivity contribution in [2.75, 3.05) is 6.54 Å². The van der Waals surface area contributed by atoms with Gasteiger partial charge in [-0.05, 0) is 30.7 Å². The number of amides is 1. The normalized spacial score (nSPS) is 17.4. The second kappa shape index (κ2) is 4.77. The molecule has 1 saturated carbocycles. The highest BCUT2D eigenvalue weighted by atomic mass is 32.1. The van der Waals surface area contributed by atoms with Gasteiger partial charge in [-0.15, -0.1) is 11.3 Å². The molecular weight excluding hydrogens is 210 g/mol. The lowest BCUT2D eigenvalue weighted by Crippen LogP contribution is -2.26. The highest BCUT2D eigenvalue weighted by Gasteiger charge is 2.29. The molecule has 2 rings (SSSR count). The van der Waals surface area contributed by atoms with Gasteiger partial charge in [-0.1, -0.05) is 6.07 Å². The smallest absolute Gasteiger partial charge is 0.223 e. The molecular formula is C11H15NO2S. The molecule has 1 aromatic heterocycles. The molecule has 1 amide bonds. The van der Waals surface area contributed by atoms with Crippen molar-refractivity contribution >= 4 is 17.2 Å². The van der Waals surface area contributed by atoms with E-state index in [9.17, 15) is 9.90 Å². The Morgan fingerprint density at radius 2 is 2.47 bits per heavy atom. The van der Waals surface area contributed by atoms with Gasteiger partial charge in [-0.2, -0.15) is 0 Å². The van der Waals surface area contributed by atoms with E-state index in [1.165, 1.54) is 0 Å². The SMILES string of the molecule is O=C(NCCC(O)c1cccs1)C1CC1. The van der Waals surface area contributed by atoms with E-state index < -0.39 is 6.10 Å². The minimum absolute atomic E-state index is 0.147. The summed E-state index contributed by atoms with van der Waals surface area (Å²) in [6, 6.07) is 3.84. The van der Waals surface area contributed by atoms with Crippen molar-refractivity contribution in [2.45, 2.75) is 25.4 Å². The van der Waals surface area contributed by atoms with Crippen LogP contribution in [-0.2, 0) is 4.79 Å². The number of nitrogens with one attached hydrogen (secondary N) is 1. The maximum absolute atomic E-state index is 11.3. The Hall–Kier alpha value is -0.870. The molecule has 1 aromatic rings. The topological polar surface area (TPSA) is 49.3 Å². The molecule has 0 saturated heterocycles. The summed E-state index contributed by atoms with van der Waals surface area (Å²) in [6.07, 6.45) is 2.21. The Kier molecular flexibility index (Phi) is 3.38. The molecule has 0 radical (unpaired) electrons. The first-order valence-electron chi connectivity index (χ1n) is 5.26. The van der Waals surface area contributed by atoms with E-state index in [1.54, 1.807) is 11.3 Å². The van der Waals surface area contributed by atoms with Crippen LogP contribution in [0.2, 0.25) is 0 Å². The fourth-order valence-corrected chi connectivity index (χ4v) is 2.19. The highest BCUT2D eigenvalue weighted by Crippen LogP contribution is 2.28. The Labute approximate surface area is 93.1 Å². The van der Waals surface area contributed by atoms with Gasteiger partial charge in [0.05, 0.1) is 6.10 Å². The monoisotopic (exact) mass is 225 g/mol. The first-order valence-corrected chi connectivity index (χ1v) is 6.14. The molecule has 1 atom stereocenters. The van der Waals surface area contributed by atoms with Crippen LogP contribution in [-0.4, -0.2) is 17.6 Å². The molecule has 1 aliphatic carbocycles. The summed E-state index contributed by atoms with van der Waals surface area (Å²) in [7, 11) is 0. The molecule has 2 N–H and O–H groups in total. The Bertz CT molecular complexity index is 319. The van der Waals surface area contributed by atoms with Crippen molar-refractivity contribution in [3.8, 4) is 0 Å². The maximum atomic E-state index is 11.3. The molecule has 4 heteroatoms. The second-order valence-corrected chi connectivity index (χ2v) is 4.86. The first kappa shape index (κ1) is 10.6. The quantitative estimate of drug-likeness (QED) is 0.801. The molecule has 0 aliphatic heterocycles. The third-order valence-corrected chi connectivity index (χ3v) is 3.51. The van der Waals surface area contributed by atoms with E-state index in [0.717, 1.165) is 17.7 Å². The van der Waals surface area contributed by atoms with Crippen LogP contribution in [0.3, 0.4) is 0 Å². The van der Waals surface area contributed by atoms with Gasteiger partial charge in [0.25, 0.3) is 0 Å². The zero-order valence-corrected chi connectivity index (χ0v) is 9.30. The zero-order chi connectivity index (χ0) is 10.7. The predicted molar refractivity (Wildman–Crippen MR) is 59.6 cm³/mol. The molecule has 0 bridgehead atoms. The van der Waals surface area contributed by atoms with Crippen LogP contribution in [0.25, 0.3) is 0 Å². The summed E-state index contributed by atoms with van der Waals surface area (Å²) in [6.45, 7) is 0.564. The molecule has 1 fully saturated rings. The number of hydrogen-bond acceptors (Lipinski definition) is 3. The third-order valence-electron chi connectivity index (χ3n) is 2.54. The molecule has 1 heterocycles. The van der Waals surface area contributed by atoms with Gasteiger partial charge in [-0.25, -0.2) is 0 Å². The Balaban J connectivity index is 1.67. The van der Waals surface area contributed by atoms with E-state index in [0.29, 0.717) is 13.0 Å². The average Bonchev–Trinajstić information content (AvgIpc) is 2.93. The van der Waals surface area contributed by atoms with Gasteiger partial charge in [0.2, 0.25) is 5.91 Å². The number of carbonyl (C=O) groups excluding carboxylic acids is 1. The van der Waals surface area contributed by atoms with Crippen molar-refractivity contribution in [2.24, 2.45) is 5.92 Å². The summed E-state index contributed by atoms with van der Waals surface area (Å²) >= 11 is 1.55. The van der Waals surface area contributed by atoms with Crippen molar-refractivity contribution in [3.63, 3.8) is 0 Å². The van der Waals surface area contributed by atoms with E-state index in [1.807, 2.05) is 17.5 Å². The van der Waals surface area contributed by atoms with Gasteiger partial charge in [-0.3, -0.25) is 4.79 Å². The molecule has 0 aromatic carbocycles. The van der Waals surface area contributed by atoms with Gasteiger partial charge in [0.1, 0.15) is 0 Å². The van der Waals surface area contributed by atoms with E-state index in [4.69, 9.17) is 0 Å². The van der Waals surface area contributed by atoms with Gasteiger partial charge < -0.3 is 10.4 Å². The number of thiophene rings is 1. The van der Waals surface area contributed by atoms with Crippen LogP contribution in [0.4, 0.5) is 0 Å². The van der Waals surface area contributed by atoms with Crippen LogP contribution in [0.5, 0.6) is 0 Å². The fourth-order valence-electron chi connectivity index (χ4n) is 1.45. The van der Waals surface area contributed by atoms with Crippen LogP contribution in [0, 0.1) is 5.92 Å². The second-order valence-electron chi connectivity index (χ2n) is 3.89. The fraction of sp³-hybridized carbons (Fsp3) is 0.545. The Morgan fingerprint density at radius 3 is 3.07 bits per heavy atom. The van der Waals surface area contributed by atoms with Crippen LogP contribution in [0.1, 0.15) is 30.2 Å². The van der Waals surface area contributed by atoms with Crippen LogP contribution in [0.15, 0.2) is 17.5 Å². The van der Waals surface area contributed by atoms with Gasteiger partial charge in [0.15, 0.2) is 0 Å². The summed E-state index contributed by atoms with van der Waals surface area (Å²) in [5.74, 6) is 0.400. The lowest BCUT2D eigenvalue weighted by atomic mass is 10.2. The molecule has 1 unspecified atom stereocenters. The largest absolute Gasteiger partial charge is 0.388 e. The van der Waals surface area contributed by atoms with Crippen LogP contribution < -0.4 is 5.32 Å². The summed E-state index contributed by atoms with van der Waals surface area (Å²) in [4.78, 5) is 12.3. The minimum atomic E-state index is -0.440. The van der Waals surface area contributed by atoms with Crippen molar-refractivity contribution in [1.29, 1.82) is 0 Å². The predicted octanol–water partition coefficient (Wildman–Crippen LogP) is 1.70. The number of carbonyl (C=O) groups is 1. The number of aliphatic hydroxyl groups is 1. The number of hydrogen-bond donors (Lipinski definition) is 2. The van der Waals surface area contributed by atoms with Crippen molar-refractivity contribution < 1.29 is 9.90 Å². The first-order chi connectivity index (χ1) is 7.27. The summed E-state index contributed by atoms with van der Waals surface area (Å²) < 4.78 is 0. The lowest BCUT2D eigenvalue weighted by molar-refractivity contribution is -0.122. The van der Waals surface area contributed by atoms with Gasteiger partial charge in [0, 0.05) is 17.3 Å². The zero-order valence-electron chi connectivity index (χ0n) is 8.48. The molecule has 0 spiro atoms. The highest BCUT2D eigenvalue weighted by molar-refractivity contribution is 7.10. The molecule has 3 nitrogen and oxygen atoms in total. The van der Waals surface area contributed by atoms with Crippen molar-refractivity contribution in [3.05, 3.63) is 22.4 Å². The third kappa shape index (κ3) is 3.04. The molecule has 15 heavy (non-hydrogen) atoms. The number of rotatable bonds is 5. The molecule has 82 valence electrons. The number of aliphatic hydroxyl groups excluding tert-OH is 1. The summed E-state index contributed by atoms with van der Waals surface area (Å²) in [5, 5.41) is 14.5. The lowest BCUT2D eigenvalue weighted by Gasteiger charge is -2.09. The van der Waals surface area contributed by atoms with Crippen LogP contribution >= 0.6 is 11.3 Å². The summed E-state index contributed by atoms with van der Waals surface area (Å²) in [5.41, 5.74) is 0. The minimum Gasteiger partial charge on any atom is -0.388 e. The van der Waals surface area contributed by atoms with E-state index in [-0.39, 0.29) is 11.8 Å². The standard InChI is InChI=1S/C11H15NO2S/c13-9(10-2-1-7-15-10)5-6-12-11(14)8-3-4-8/h1-2,7-9,13H,3-6H2,(H,12,14).